The van der Waals surface area contributed by atoms with Gasteiger partial charge in [0.05, 0.1) is 11.0 Å². The summed E-state index contributed by atoms with van der Waals surface area (Å²) >= 11 is 0. The van der Waals surface area contributed by atoms with Gasteiger partial charge >= 0.3 is 0 Å². The van der Waals surface area contributed by atoms with Crippen LogP contribution in [0.1, 0.15) is 24.0 Å². The Balaban J connectivity index is 1.80. The number of H-pyrrole nitrogens is 1. The third-order valence-electron chi connectivity index (χ3n) is 4.48. The maximum atomic E-state index is 12.5. The molecule has 1 saturated heterocycles. The first kappa shape index (κ1) is 16.9. The molecule has 1 aromatic heterocycles. The fourth-order valence-corrected chi connectivity index (χ4v) is 4.71. The molecule has 24 heavy (non-hydrogen) atoms. The Hall–Kier alpha value is -1.93. The van der Waals surface area contributed by atoms with Gasteiger partial charge in [-0.05, 0) is 42.5 Å². The van der Waals surface area contributed by atoms with Crippen molar-refractivity contribution in [2.24, 2.45) is 5.29 Å². The van der Waals surface area contributed by atoms with Gasteiger partial charge in [-0.25, -0.2) is 12.7 Å². The van der Waals surface area contributed by atoms with Gasteiger partial charge in [-0.2, -0.15) is 0 Å². The molecule has 0 unspecified atom stereocenters. The summed E-state index contributed by atoms with van der Waals surface area (Å²) in [4.78, 5) is 13.6. The second-order valence-corrected chi connectivity index (χ2v) is 8.24. The van der Waals surface area contributed by atoms with Crippen molar-refractivity contribution >= 4 is 20.9 Å². The molecule has 1 fully saturated rings. The lowest BCUT2D eigenvalue weighted by Crippen LogP contribution is -2.29. The average Bonchev–Trinajstić information content (AvgIpc) is 3.22. The molecule has 0 amide bonds. The van der Waals surface area contributed by atoms with Crippen LogP contribution in [0.5, 0.6) is 0 Å². The van der Waals surface area contributed by atoms with Crippen molar-refractivity contribution in [3.05, 3.63) is 40.4 Å². The number of benzene rings is 1. The summed E-state index contributed by atoms with van der Waals surface area (Å²) in [5, 5.41) is 5.22. The number of sulfonamides is 1. The van der Waals surface area contributed by atoms with E-state index in [1.165, 1.54) is 5.01 Å². The van der Waals surface area contributed by atoms with Gasteiger partial charge in [0, 0.05) is 43.8 Å². The van der Waals surface area contributed by atoms with Crippen molar-refractivity contribution in [3.63, 3.8) is 0 Å². The highest BCUT2D eigenvalue weighted by Crippen LogP contribution is 2.23. The van der Waals surface area contributed by atoms with E-state index in [1.54, 1.807) is 11.4 Å². The minimum atomic E-state index is -3.25. The third kappa shape index (κ3) is 3.59. The topological polar surface area (TPSA) is 85.8 Å². The molecule has 2 heterocycles. The molecule has 8 heteroatoms. The van der Waals surface area contributed by atoms with Crippen LogP contribution in [0.2, 0.25) is 0 Å². The first-order valence-electron chi connectivity index (χ1n) is 8.11. The minimum absolute atomic E-state index is 0.0311. The van der Waals surface area contributed by atoms with E-state index in [-0.39, 0.29) is 5.75 Å². The Morgan fingerprint density at radius 2 is 2.04 bits per heavy atom. The van der Waals surface area contributed by atoms with Gasteiger partial charge in [0.1, 0.15) is 0 Å². The molecule has 0 radical (unpaired) electrons. The van der Waals surface area contributed by atoms with Gasteiger partial charge in [0.2, 0.25) is 10.0 Å². The highest BCUT2D eigenvalue weighted by atomic mass is 32.2. The van der Waals surface area contributed by atoms with Crippen LogP contribution in [-0.4, -0.2) is 49.4 Å². The van der Waals surface area contributed by atoms with Gasteiger partial charge in [-0.15, -0.1) is 4.91 Å². The molecule has 0 bridgehead atoms. The van der Waals surface area contributed by atoms with E-state index >= 15 is 0 Å². The molecular weight excluding hydrogens is 328 g/mol. The molecule has 0 spiro atoms. The quantitative estimate of drug-likeness (QED) is 0.613. The summed E-state index contributed by atoms with van der Waals surface area (Å²) in [5.74, 6) is 0.0311. The third-order valence-corrected chi connectivity index (χ3v) is 6.33. The van der Waals surface area contributed by atoms with Crippen LogP contribution in [0, 0.1) is 4.91 Å². The van der Waals surface area contributed by atoms with Crippen molar-refractivity contribution in [2.75, 3.05) is 26.7 Å². The molecule has 0 atom stereocenters. The number of hydrogen-bond acceptors (Lipinski definition) is 4. The molecule has 0 saturated carbocycles. The number of fused-ring (bicyclic) bond motifs is 1. The van der Waals surface area contributed by atoms with Crippen LogP contribution in [0.15, 0.2) is 29.7 Å². The van der Waals surface area contributed by atoms with Crippen LogP contribution in [0.4, 0.5) is 0 Å². The molecule has 7 nitrogen and oxygen atoms in total. The van der Waals surface area contributed by atoms with Gasteiger partial charge in [-0.1, -0.05) is 6.07 Å². The normalized spacial score (nSPS) is 15.9. The van der Waals surface area contributed by atoms with Crippen molar-refractivity contribution < 1.29 is 8.42 Å². The second kappa shape index (κ2) is 6.90. The monoisotopic (exact) mass is 350 g/mol. The van der Waals surface area contributed by atoms with E-state index in [4.69, 9.17) is 0 Å². The Bertz CT molecular complexity index is 825. The van der Waals surface area contributed by atoms with Crippen LogP contribution < -0.4 is 0 Å². The van der Waals surface area contributed by atoms with Crippen LogP contribution >= 0.6 is 0 Å². The lowest BCUT2D eigenvalue weighted by molar-refractivity contribution is 0.354. The molecular formula is C16H22N4O3S. The Kier molecular flexibility index (Phi) is 4.86. The van der Waals surface area contributed by atoms with Crippen molar-refractivity contribution in [3.8, 4) is 0 Å². The fraction of sp³-hybridized carbons (Fsp3) is 0.500. The zero-order valence-corrected chi connectivity index (χ0v) is 14.6. The standard InChI is InChI=1S/C16H22N4O3S/c1-19(18-21)9-6-14-11-17-16-5-4-13(10-15(14)16)12-24(22,23)20-7-2-3-8-20/h4-5,10-11,17H,2-3,6-9,12H2,1H3. The van der Waals surface area contributed by atoms with E-state index in [9.17, 15) is 13.3 Å². The predicted octanol–water partition coefficient (Wildman–Crippen LogP) is 2.25. The fourth-order valence-electron chi connectivity index (χ4n) is 3.11. The van der Waals surface area contributed by atoms with E-state index in [2.05, 4.69) is 10.3 Å². The highest BCUT2D eigenvalue weighted by Gasteiger charge is 2.25. The molecule has 3 rings (SSSR count). The smallest absolute Gasteiger partial charge is 0.218 e. The summed E-state index contributed by atoms with van der Waals surface area (Å²) in [6, 6.07) is 5.70. The maximum absolute atomic E-state index is 12.5. The summed E-state index contributed by atoms with van der Waals surface area (Å²) in [6.45, 7) is 1.78. The van der Waals surface area contributed by atoms with E-state index < -0.39 is 10.0 Å². The van der Waals surface area contributed by atoms with E-state index in [0.29, 0.717) is 26.1 Å². The summed E-state index contributed by atoms with van der Waals surface area (Å²) in [5.41, 5.74) is 2.81. The molecule has 0 aliphatic carbocycles. The van der Waals surface area contributed by atoms with Gasteiger partial charge in [0.25, 0.3) is 0 Å². The van der Waals surface area contributed by atoms with E-state index in [0.717, 1.165) is 34.9 Å². The van der Waals surface area contributed by atoms with E-state index in [1.807, 2.05) is 24.4 Å². The molecule has 1 aliphatic heterocycles. The predicted molar refractivity (Wildman–Crippen MR) is 93.9 cm³/mol. The molecule has 130 valence electrons. The maximum Gasteiger partial charge on any atom is 0.218 e. The highest BCUT2D eigenvalue weighted by molar-refractivity contribution is 7.88. The van der Waals surface area contributed by atoms with Crippen LogP contribution in [0.25, 0.3) is 10.9 Å². The van der Waals surface area contributed by atoms with Crippen molar-refractivity contribution in [1.29, 1.82) is 0 Å². The summed E-state index contributed by atoms with van der Waals surface area (Å²) < 4.78 is 26.5. The molecule has 1 aliphatic rings. The molecule has 2 aromatic rings. The lowest BCUT2D eigenvalue weighted by Gasteiger charge is -2.15. The summed E-state index contributed by atoms with van der Waals surface area (Å²) in [6.07, 6.45) is 4.46. The number of likely N-dealkylation sites (N-methyl/N-ethyl adjacent to an activating group) is 1. The van der Waals surface area contributed by atoms with Crippen LogP contribution in [-0.2, 0) is 22.2 Å². The lowest BCUT2D eigenvalue weighted by atomic mass is 10.1. The number of nitrogens with one attached hydrogen (secondary N) is 1. The number of aromatic amines is 1. The zero-order chi connectivity index (χ0) is 17.2. The Labute approximate surface area is 141 Å². The number of nitrogens with zero attached hydrogens (tertiary/aromatic N) is 3. The van der Waals surface area contributed by atoms with Crippen molar-refractivity contribution in [2.45, 2.75) is 25.0 Å². The van der Waals surface area contributed by atoms with Gasteiger partial charge < -0.3 is 4.98 Å². The Morgan fingerprint density at radius 1 is 1.29 bits per heavy atom. The van der Waals surface area contributed by atoms with Gasteiger partial charge in [-0.3, -0.25) is 5.01 Å². The second-order valence-electron chi connectivity index (χ2n) is 6.27. The Morgan fingerprint density at radius 3 is 2.75 bits per heavy atom. The minimum Gasteiger partial charge on any atom is -0.361 e. The molecule has 1 N–H and O–H groups in total. The zero-order valence-electron chi connectivity index (χ0n) is 13.7. The van der Waals surface area contributed by atoms with Crippen molar-refractivity contribution in [1.82, 2.24) is 14.3 Å². The SMILES string of the molecule is CN(CCc1c[nH]c2ccc(CS(=O)(=O)N3CCCC3)cc12)N=O. The largest absolute Gasteiger partial charge is 0.361 e. The summed E-state index contributed by atoms with van der Waals surface area (Å²) in [7, 11) is -1.61. The van der Waals surface area contributed by atoms with Gasteiger partial charge in [0.15, 0.2) is 0 Å². The van der Waals surface area contributed by atoms with Crippen LogP contribution in [0.3, 0.4) is 0 Å². The first-order valence-corrected chi connectivity index (χ1v) is 9.71. The average molecular weight is 350 g/mol. The number of aromatic nitrogens is 1. The molecule has 1 aromatic carbocycles. The number of nitroso groups, excluding NO2 is 1. The number of hydrogen-bond donors (Lipinski definition) is 1. The number of rotatable bonds is 7. The first-order chi connectivity index (χ1) is 11.5.